The number of thioether (sulfide) groups is 1. The fourth-order valence-electron chi connectivity index (χ4n) is 3.30. The molecule has 1 amide bonds. The van der Waals surface area contributed by atoms with Crippen molar-refractivity contribution >= 4 is 44.4 Å². The summed E-state index contributed by atoms with van der Waals surface area (Å²) in [5.74, 6) is 0.876. The standard InChI is InChI=1S/C21H23N3O2S2/c1-3-26-16-6-4-15(5-7-16)20(25)23-10-12-24(13-11-23)21-22-18-9-8-17(27-2)14-19(18)28-21/h4-9,14H,3,10-13H2,1-2H3. The molecule has 1 aromatic heterocycles. The van der Waals surface area contributed by atoms with Gasteiger partial charge in [-0.25, -0.2) is 4.98 Å². The van der Waals surface area contributed by atoms with Gasteiger partial charge in [-0.05, 0) is 55.6 Å². The summed E-state index contributed by atoms with van der Waals surface area (Å²) >= 11 is 3.48. The Balaban J connectivity index is 1.40. The fourth-order valence-corrected chi connectivity index (χ4v) is 4.87. The summed E-state index contributed by atoms with van der Waals surface area (Å²) in [4.78, 5) is 23.0. The van der Waals surface area contributed by atoms with Crippen molar-refractivity contribution in [3.63, 3.8) is 0 Å². The third kappa shape index (κ3) is 3.95. The Bertz CT molecular complexity index is 963. The number of carbonyl (C=O) groups is 1. The van der Waals surface area contributed by atoms with Crippen molar-refractivity contribution in [1.82, 2.24) is 9.88 Å². The molecule has 0 N–H and O–H groups in total. The molecule has 1 fully saturated rings. The van der Waals surface area contributed by atoms with Crippen LogP contribution >= 0.6 is 23.1 Å². The Morgan fingerprint density at radius 1 is 1.14 bits per heavy atom. The Hall–Kier alpha value is -2.25. The van der Waals surface area contributed by atoms with Gasteiger partial charge < -0.3 is 14.5 Å². The molecule has 0 aliphatic carbocycles. The van der Waals surface area contributed by atoms with E-state index in [4.69, 9.17) is 9.72 Å². The van der Waals surface area contributed by atoms with Crippen LogP contribution in [0.1, 0.15) is 17.3 Å². The number of anilines is 1. The van der Waals surface area contributed by atoms with E-state index in [-0.39, 0.29) is 5.91 Å². The molecule has 1 saturated heterocycles. The molecule has 0 atom stereocenters. The van der Waals surface area contributed by atoms with E-state index in [1.807, 2.05) is 36.1 Å². The third-order valence-electron chi connectivity index (χ3n) is 4.83. The smallest absolute Gasteiger partial charge is 0.253 e. The topological polar surface area (TPSA) is 45.7 Å². The van der Waals surface area contributed by atoms with Crippen LogP contribution < -0.4 is 9.64 Å². The largest absolute Gasteiger partial charge is 0.494 e. The van der Waals surface area contributed by atoms with Crippen LogP contribution in [0.4, 0.5) is 5.13 Å². The normalized spacial score (nSPS) is 14.5. The molecule has 0 saturated carbocycles. The number of nitrogens with zero attached hydrogens (tertiary/aromatic N) is 3. The van der Waals surface area contributed by atoms with Gasteiger partial charge in [0.05, 0.1) is 16.8 Å². The summed E-state index contributed by atoms with van der Waals surface area (Å²) in [6, 6.07) is 13.8. The zero-order valence-corrected chi connectivity index (χ0v) is 17.7. The lowest BCUT2D eigenvalue weighted by Crippen LogP contribution is -2.48. The Morgan fingerprint density at radius 2 is 1.89 bits per heavy atom. The van der Waals surface area contributed by atoms with E-state index in [1.54, 1.807) is 23.1 Å². The van der Waals surface area contributed by atoms with Gasteiger partial charge in [-0.2, -0.15) is 0 Å². The van der Waals surface area contributed by atoms with Crippen LogP contribution in [0.2, 0.25) is 0 Å². The van der Waals surface area contributed by atoms with Gasteiger partial charge in [0.1, 0.15) is 5.75 Å². The number of carbonyl (C=O) groups excluding carboxylic acids is 1. The van der Waals surface area contributed by atoms with Crippen molar-refractivity contribution in [2.75, 3.05) is 43.9 Å². The molecule has 2 aromatic carbocycles. The first-order valence-corrected chi connectivity index (χ1v) is 11.4. The molecular formula is C21H23N3O2S2. The predicted octanol–water partition coefficient (Wildman–Crippen LogP) is 4.38. The number of hydrogen-bond donors (Lipinski definition) is 0. The molecule has 0 radical (unpaired) electrons. The van der Waals surface area contributed by atoms with Gasteiger partial charge >= 0.3 is 0 Å². The van der Waals surface area contributed by atoms with E-state index in [1.165, 1.54) is 9.60 Å². The summed E-state index contributed by atoms with van der Waals surface area (Å²) in [5.41, 5.74) is 1.76. The van der Waals surface area contributed by atoms with Gasteiger partial charge in [0.2, 0.25) is 0 Å². The quantitative estimate of drug-likeness (QED) is 0.581. The Labute approximate surface area is 173 Å². The molecule has 0 bridgehead atoms. The molecule has 2 heterocycles. The second-order valence-corrected chi connectivity index (χ2v) is 8.46. The monoisotopic (exact) mass is 413 g/mol. The maximum Gasteiger partial charge on any atom is 0.253 e. The van der Waals surface area contributed by atoms with Crippen molar-refractivity contribution in [2.45, 2.75) is 11.8 Å². The van der Waals surface area contributed by atoms with Crippen LogP contribution in [0.3, 0.4) is 0 Å². The molecular weight excluding hydrogens is 390 g/mol. The average molecular weight is 414 g/mol. The van der Waals surface area contributed by atoms with Crippen molar-refractivity contribution in [2.24, 2.45) is 0 Å². The molecule has 4 rings (SSSR count). The minimum absolute atomic E-state index is 0.0802. The average Bonchev–Trinajstić information content (AvgIpc) is 3.17. The SMILES string of the molecule is CCOc1ccc(C(=O)N2CCN(c3nc4ccc(SC)cc4s3)CC2)cc1. The molecule has 5 nitrogen and oxygen atoms in total. The van der Waals surface area contributed by atoms with Gasteiger partial charge in [0, 0.05) is 36.6 Å². The van der Waals surface area contributed by atoms with Crippen LogP contribution in [0.15, 0.2) is 47.4 Å². The third-order valence-corrected chi connectivity index (χ3v) is 6.64. The molecule has 7 heteroatoms. The van der Waals surface area contributed by atoms with Crippen LogP contribution in [0, 0.1) is 0 Å². The van der Waals surface area contributed by atoms with Gasteiger partial charge in [-0.1, -0.05) is 11.3 Å². The Morgan fingerprint density at radius 3 is 2.57 bits per heavy atom. The van der Waals surface area contributed by atoms with E-state index in [0.717, 1.165) is 29.5 Å². The summed E-state index contributed by atoms with van der Waals surface area (Å²) in [6.45, 7) is 5.59. The molecule has 146 valence electrons. The predicted molar refractivity (Wildman–Crippen MR) is 117 cm³/mol. The lowest BCUT2D eigenvalue weighted by Gasteiger charge is -2.34. The van der Waals surface area contributed by atoms with E-state index in [2.05, 4.69) is 29.4 Å². The highest BCUT2D eigenvalue weighted by Gasteiger charge is 2.24. The van der Waals surface area contributed by atoms with Crippen LogP contribution in [0.25, 0.3) is 10.2 Å². The number of hydrogen-bond acceptors (Lipinski definition) is 6. The maximum absolute atomic E-state index is 12.8. The number of benzene rings is 2. The minimum atomic E-state index is 0.0802. The molecule has 1 aliphatic heterocycles. The number of thiazole rings is 1. The Kier molecular flexibility index (Phi) is 5.73. The van der Waals surface area contributed by atoms with Crippen molar-refractivity contribution < 1.29 is 9.53 Å². The van der Waals surface area contributed by atoms with E-state index in [9.17, 15) is 4.79 Å². The zero-order valence-electron chi connectivity index (χ0n) is 16.1. The summed E-state index contributed by atoms with van der Waals surface area (Å²) in [7, 11) is 0. The lowest BCUT2D eigenvalue weighted by atomic mass is 10.1. The second kappa shape index (κ2) is 8.41. The molecule has 28 heavy (non-hydrogen) atoms. The minimum Gasteiger partial charge on any atom is -0.494 e. The highest BCUT2D eigenvalue weighted by molar-refractivity contribution is 7.98. The van der Waals surface area contributed by atoms with Crippen LogP contribution in [0.5, 0.6) is 5.75 Å². The first-order valence-electron chi connectivity index (χ1n) is 9.39. The van der Waals surface area contributed by atoms with Gasteiger partial charge in [0.25, 0.3) is 5.91 Å². The molecule has 0 unspecified atom stereocenters. The molecule has 1 aliphatic rings. The van der Waals surface area contributed by atoms with E-state index in [0.29, 0.717) is 25.3 Å². The molecule has 3 aromatic rings. The van der Waals surface area contributed by atoms with E-state index >= 15 is 0 Å². The molecule has 0 spiro atoms. The second-order valence-electron chi connectivity index (χ2n) is 6.57. The number of rotatable bonds is 5. The van der Waals surface area contributed by atoms with Crippen molar-refractivity contribution in [3.8, 4) is 5.75 Å². The summed E-state index contributed by atoms with van der Waals surface area (Å²) < 4.78 is 6.67. The zero-order chi connectivity index (χ0) is 19.5. The van der Waals surface area contributed by atoms with Gasteiger partial charge in [-0.15, -0.1) is 11.8 Å². The van der Waals surface area contributed by atoms with E-state index < -0.39 is 0 Å². The highest BCUT2D eigenvalue weighted by atomic mass is 32.2. The summed E-state index contributed by atoms with van der Waals surface area (Å²) in [6.07, 6.45) is 2.09. The van der Waals surface area contributed by atoms with Crippen LogP contribution in [-0.4, -0.2) is 54.8 Å². The number of piperazine rings is 1. The van der Waals surface area contributed by atoms with Crippen molar-refractivity contribution in [1.29, 1.82) is 0 Å². The number of ether oxygens (including phenoxy) is 1. The maximum atomic E-state index is 12.8. The van der Waals surface area contributed by atoms with Gasteiger partial charge in [0.15, 0.2) is 5.13 Å². The fraction of sp³-hybridized carbons (Fsp3) is 0.333. The highest BCUT2D eigenvalue weighted by Crippen LogP contribution is 2.32. The first-order chi connectivity index (χ1) is 13.7. The number of amides is 1. The van der Waals surface area contributed by atoms with Gasteiger partial charge in [-0.3, -0.25) is 4.79 Å². The summed E-state index contributed by atoms with van der Waals surface area (Å²) in [5, 5.41) is 1.04. The number of fused-ring (bicyclic) bond motifs is 1. The lowest BCUT2D eigenvalue weighted by molar-refractivity contribution is 0.0746. The van der Waals surface area contributed by atoms with Crippen molar-refractivity contribution in [3.05, 3.63) is 48.0 Å². The van der Waals surface area contributed by atoms with Crippen LogP contribution in [-0.2, 0) is 0 Å². The first kappa shape index (κ1) is 19.1. The number of aromatic nitrogens is 1.